The number of hydrogen-bond acceptors (Lipinski definition) is 5. The van der Waals surface area contributed by atoms with Gasteiger partial charge in [-0.1, -0.05) is 6.07 Å². The van der Waals surface area contributed by atoms with Crippen molar-refractivity contribution in [3.05, 3.63) is 29.3 Å². The van der Waals surface area contributed by atoms with Gasteiger partial charge in [0.2, 0.25) is 0 Å². The summed E-state index contributed by atoms with van der Waals surface area (Å²) in [4.78, 5) is 21.6. The third-order valence-corrected chi connectivity index (χ3v) is 2.48. The van der Waals surface area contributed by atoms with Crippen LogP contribution in [-0.4, -0.2) is 25.8 Å². The zero-order valence-electron chi connectivity index (χ0n) is 13.4. The van der Waals surface area contributed by atoms with E-state index in [1.54, 1.807) is 60.1 Å². The van der Waals surface area contributed by atoms with Crippen LogP contribution in [0.15, 0.2) is 23.8 Å². The van der Waals surface area contributed by atoms with E-state index in [-0.39, 0.29) is 0 Å². The van der Waals surface area contributed by atoms with E-state index < -0.39 is 11.6 Å². The maximum atomic E-state index is 11.8. The average molecular weight is 294 g/mol. The topological polar surface area (TPSA) is 54.0 Å². The van der Waals surface area contributed by atoms with Gasteiger partial charge in [-0.3, -0.25) is 4.89 Å². The summed E-state index contributed by atoms with van der Waals surface area (Å²) in [6, 6.07) is 5.37. The Balaban J connectivity index is 2.84. The number of carbonyl (C=O) groups excluding carboxylic acids is 1. The number of ether oxygens (including phenoxy) is 2. The zero-order valence-corrected chi connectivity index (χ0v) is 13.4. The van der Waals surface area contributed by atoms with Crippen LogP contribution < -0.4 is 9.47 Å². The van der Waals surface area contributed by atoms with Crippen molar-refractivity contribution >= 4 is 12.0 Å². The van der Waals surface area contributed by atoms with Gasteiger partial charge in [0, 0.05) is 5.57 Å². The molecule has 0 N–H and O–H groups in total. The van der Waals surface area contributed by atoms with Gasteiger partial charge in [0.25, 0.3) is 0 Å². The van der Waals surface area contributed by atoms with Gasteiger partial charge in [0.05, 0.1) is 14.2 Å². The minimum atomic E-state index is -0.542. The molecule has 0 radical (unpaired) electrons. The van der Waals surface area contributed by atoms with Gasteiger partial charge in [0.15, 0.2) is 11.5 Å². The highest BCUT2D eigenvalue weighted by molar-refractivity contribution is 5.92. The summed E-state index contributed by atoms with van der Waals surface area (Å²) in [5.41, 5.74) is 0.684. The first kappa shape index (κ1) is 17.0. The molecular formula is C16H22O5. The molecule has 5 nitrogen and oxygen atoms in total. The second kappa shape index (κ2) is 7.13. The molecule has 0 aliphatic heterocycles. The molecule has 0 bridgehead atoms. The molecule has 0 amide bonds. The van der Waals surface area contributed by atoms with Crippen LogP contribution in [0.25, 0.3) is 6.08 Å². The molecule has 0 saturated carbocycles. The van der Waals surface area contributed by atoms with Crippen LogP contribution in [-0.2, 0) is 14.6 Å². The Bertz CT molecular complexity index is 526. The molecule has 0 saturated heterocycles. The summed E-state index contributed by atoms with van der Waals surface area (Å²) >= 11 is 0. The Morgan fingerprint density at radius 3 is 2.24 bits per heavy atom. The van der Waals surface area contributed by atoms with Crippen molar-refractivity contribution in [3.8, 4) is 11.5 Å². The monoisotopic (exact) mass is 294 g/mol. The predicted octanol–water partition coefficient (Wildman–Crippen LogP) is 3.38. The highest BCUT2D eigenvalue weighted by atomic mass is 17.2. The van der Waals surface area contributed by atoms with Crippen LogP contribution in [0.2, 0.25) is 0 Å². The van der Waals surface area contributed by atoms with Gasteiger partial charge < -0.3 is 9.47 Å². The molecule has 0 unspecified atom stereocenters. The van der Waals surface area contributed by atoms with Gasteiger partial charge >= 0.3 is 5.97 Å². The molecule has 116 valence electrons. The Labute approximate surface area is 125 Å². The van der Waals surface area contributed by atoms with E-state index in [9.17, 15) is 4.79 Å². The molecule has 1 rings (SSSR count). The summed E-state index contributed by atoms with van der Waals surface area (Å²) in [7, 11) is 3.13. The summed E-state index contributed by atoms with van der Waals surface area (Å²) in [6.07, 6.45) is 1.69. The van der Waals surface area contributed by atoms with Gasteiger partial charge in [-0.15, -0.1) is 0 Å². The number of methoxy groups -OCH3 is 2. The van der Waals surface area contributed by atoms with Crippen LogP contribution in [0.4, 0.5) is 0 Å². The third-order valence-electron chi connectivity index (χ3n) is 2.48. The fourth-order valence-electron chi connectivity index (χ4n) is 1.48. The van der Waals surface area contributed by atoms with Crippen LogP contribution in [0.3, 0.4) is 0 Å². The SMILES string of the molecule is COc1ccc(/C=C(\C)C(=O)OOC(C)(C)C)cc1OC. The van der Waals surface area contributed by atoms with Crippen LogP contribution in [0.5, 0.6) is 11.5 Å². The first-order valence-corrected chi connectivity index (χ1v) is 6.57. The standard InChI is InChI=1S/C16H22O5/c1-11(15(17)20-21-16(2,3)4)9-12-7-8-13(18-5)14(10-12)19-6/h7-10H,1-6H3/b11-9+. The first-order valence-electron chi connectivity index (χ1n) is 6.57. The lowest BCUT2D eigenvalue weighted by atomic mass is 10.1. The van der Waals surface area contributed by atoms with Crippen molar-refractivity contribution in [2.75, 3.05) is 14.2 Å². The highest BCUT2D eigenvalue weighted by Gasteiger charge is 2.16. The summed E-state index contributed by atoms with van der Waals surface area (Å²) in [5.74, 6) is 0.698. The Morgan fingerprint density at radius 2 is 1.71 bits per heavy atom. The van der Waals surface area contributed by atoms with E-state index >= 15 is 0 Å². The van der Waals surface area contributed by atoms with Crippen molar-refractivity contribution in [2.24, 2.45) is 0 Å². The Kier molecular flexibility index (Phi) is 5.79. The van der Waals surface area contributed by atoms with Crippen LogP contribution in [0.1, 0.15) is 33.3 Å². The van der Waals surface area contributed by atoms with Crippen molar-refractivity contribution in [1.82, 2.24) is 0 Å². The van der Waals surface area contributed by atoms with Crippen molar-refractivity contribution in [3.63, 3.8) is 0 Å². The average Bonchev–Trinajstić information content (AvgIpc) is 2.43. The van der Waals surface area contributed by atoms with Crippen molar-refractivity contribution in [1.29, 1.82) is 0 Å². The highest BCUT2D eigenvalue weighted by Crippen LogP contribution is 2.28. The lowest BCUT2D eigenvalue weighted by molar-refractivity contribution is -0.317. The van der Waals surface area contributed by atoms with Gasteiger partial charge in [-0.25, -0.2) is 4.79 Å². The van der Waals surface area contributed by atoms with Crippen molar-refractivity contribution in [2.45, 2.75) is 33.3 Å². The van der Waals surface area contributed by atoms with Gasteiger partial charge in [-0.05, 0) is 51.5 Å². The first-order chi connectivity index (χ1) is 9.76. The molecule has 0 aromatic heterocycles. The lowest BCUT2D eigenvalue weighted by Crippen LogP contribution is -2.22. The van der Waals surface area contributed by atoms with Gasteiger partial charge in [-0.2, -0.15) is 4.89 Å². The van der Waals surface area contributed by atoms with E-state index in [2.05, 4.69) is 0 Å². The maximum Gasteiger partial charge on any atom is 0.368 e. The normalized spacial score (nSPS) is 12.0. The molecule has 0 aliphatic rings. The lowest BCUT2D eigenvalue weighted by Gasteiger charge is -2.16. The minimum Gasteiger partial charge on any atom is -0.493 e. The molecule has 0 spiro atoms. The van der Waals surface area contributed by atoms with Crippen LogP contribution in [0, 0.1) is 0 Å². The number of rotatable bonds is 5. The van der Waals surface area contributed by atoms with E-state index in [4.69, 9.17) is 19.2 Å². The molecular weight excluding hydrogens is 272 g/mol. The fourth-order valence-corrected chi connectivity index (χ4v) is 1.48. The van der Waals surface area contributed by atoms with E-state index in [1.807, 2.05) is 6.07 Å². The van der Waals surface area contributed by atoms with E-state index in [0.29, 0.717) is 17.1 Å². The quantitative estimate of drug-likeness (QED) is 0.473. The number of benzene rings is 1. The molecule has 5 heteroatoms. The largest absolute Gasteiger partial charge is 0.493 e. The van der Waals surface area contributed by atoms with Gasteiger partial charge in [0.1, 0.15) is 5.60 Å². The zero-order chi connectivity index (χ0) is 16.0. The van der Waals surface area contributed by atoms with Crippen LogP contribution >= 0.6 is 0 Å². The molecule has 0 atom stereocenters. The summed E-state index contributed by atoms with van der Waals surface area (Å²) in [5, 5.41) is 0. The fraction of sp³-hybridized carbons (Fsp3) is 0.438. The summed E-state index contributed by atoms with van der Waals surface area (Å²) < 4.78 is 10.4. The predicted molar refractivity (Wildman–Crippen MR) is 80.1 cm³/mol. The smallest absolute Gasteiger partial charge is 0.368 e. The third kappa shape index (κ3) is 5.47. The number of hydrogen-bond donors (Lipinski definition) is 0. The van der Waals surface area contributed by atoms with Crippen molar-refractivity contribution < 1.29 is 24.0 Å². The molecule has 0 fully saturated rings. The van der Waals surface area contributed by atoms with E-state index in [1.165, 1.54) is 0 Å². The Morgan fingerprint density at radius 1 is 1.10 bits per heavy atom. The maximum absolute atomic E-state index is 11.8. The molecule has 21 heavy (non-hydrogen) atoms. The molecule has 1 aromatic rings. The molecule has 0 heterocycles. The molecule has 0 aliphatic carbocycles. The minimum absolute atomic E-state index is 0.423. The second-order valence-corrected chi connectivity index (χ2v) is 5.51. The number of carbonyl (C=O) groups is 1. The Hall–Kier alpha value is -2.01. The second-order valence-electron chi connectivity index (χ2n) is 5.51. The summed E-state index contributed by atoms with van der Waals surface area (Å²) in [6.45, 7) is 7.06. The molecule has 1 aromatic carbocycles. The van der Waals surface area contributed by atoms with E-state index in [0.717, 1.165) is 5.56 Å².